The van der Waals surface area contributed by atoms with Gasteiger partial charge < -0.3 is 5.84 Å². The molecular formula is C8H11N3. The number of nitrogens with two attached hydrogens (primary N) is 1. The van der Waals surface area contributed by atoms with Crippen LogP contribution in [0.25, 0.3) is 0 Å². The second-order valence-electron chi connectivity index (χ2n) is 2.40. The van der Waals surface area contributed by atoms with Crippen molar-refractivity contribution in [2.45, 2.75) is 13.8 Å². The van der Waals surface area contributed by atoms with Crippen molar-refractivity contribution in [3.63, 3.8) is 0 Å². The largest absolute Gasteiger partial charge is 0.323 e. The van der Waals surface area contributed by atoms with E-state index in [-0.39, 0.29) is 0 Å². The Morgan fingerprint density at radius 1 is 1.55 bits per heavy atom. The molecule has 0 aliphatic heterocycles. The zero-order valence-electron chi connectivity index (χ0n) is 6.70. The van der Waals surface area contributed by atoms with Gasteiger partial charge in [-0.25, -0.2) is 0 Å². The fourth-order valence-electron chi connectivity index (χ4n) is 0.756. The van der Waals surface area contributed by atoms with Crippen LogP contribution in [-0.2, 0) is 0 Å². The maximum Gasteiger partial charge on any atom is 0.0657 e. The summed E-state index contributed by atoms with van der Waals surface area (Å²) in [6.45, 7) is 3.80. The third kappa shape index (κ3) is 1.77. The van der Waals surface area contributed by atoms with Crippen LogP contribution in [0.15, 0.2) is 23.4 Å². The van der Waals surface area contributed by atoms with Gasteiger partial charge >= 0.3 is 0 Å². The molecular weight excluding hydrogens is 138 g/mol. The number of hydrogen-bond acceptors (Lipinski definition) is 3. The number of nitrogens with zero attached hydrogens (tertiary/aromatic N) is 2. The van der Waals surface area contributed by atoms with E-state index in [4.69, 9.17) is 5.84 Å². The number of pyridine rings is 1. The lowest BCUT2D eigenvalue weighted by atomic mass is 10.2. The summed E-state index contributed by atoms with van der Waals surface area (Å²) in [5, 5.41) is 3.57. The Labute approximate surface area is 66.0 Å². The Balaban J connectivity index is 2.99. The van der Waals surface area contributed by atoms with Crippen LogP contribution in [0.2, 0.25) is 0 Å². The summed E-state index contributed by atoms with van der Waals surface area (Å²) in [6, 6.07) is 3.89. The highest BCUT2D eigenvalue weighted by atomic mass is 15.1. The van der Waals surface area contributed by atoms with Crippen LogP contribution >= 0.6 is 0 Å². The minimum absolute atomic E-state index is 0.803. The SMILES string of the molecule is CC(=NN)c1ccc(C)nc1. The first-order chi connectivity index (χ1) is 5.24. The summed E-state index contributed by atoms with van der Waals surface area (Å²) in [7, 11) is 0. The highest BCUT2D eigenvalue weighted by Gasteiger charge is 1.94. The van der Waals surface area contributed by atoms with Crippen LogP contribution < -0.4 is 5.84 Å². The van der Waals surface area contributed by atoms with Crippen molar-refractivity contribution in [2.24, 2.45) is 10.9 Å². The van der Waals surface area contributed by atoms with E-state index in [1.165, 1.54) is 0 Å². The second kappa shape index (κ2) is 3.14. The monoisotopic (exact) mass is 149 g/mol. The Hall–Kier alpha value is -1.38. The van der Waals surface area contributed by atoms with E-state index >= 15 is 0 Å². The summed E-state index contributed by atoms with van der Waals surface area (Å²) in [5.41, 5.74) is 2.77. The van der Waals surface area contributed by atoms with E-state index in [1.807, 2.05) is 26.0 Å². The molecule has 1 rings (SSSR count). The van der Waals surface area contributed by atoms with E-state index < -0.39 is 0 Å². The molecule has 58 valence electrons. The van der Waals surface area contributed by atoms with Crippen molar-refractivity contribution >= 4 is 5.71 Å². The molecule has 0 aliphatic carbocycles. The van der Waals surface area contributed by atoms with Crippen molar-refractivity contribution in [1.29, 1.82) is 0 Å². The van der Waals surface area contributed by atoms with Gasteiger partial charge in [-0.3, -0.25) is 4.98 Å². The summed E-state index contributed by atoms with van der Waals surface area (Å²) in [4.78, 5) is 4.11. The zero-order valence-corrected chi connectivity index (χ0v) is 6.70. The lowest BCUT2D eigenvalue weighted by Gasteiger charge is -1.97. The Morgan fingerprint density at radius 2 is 2.27 bits per heavy atom. The Bertz CT molecular complexity index is 261. The average molecular weight is 149 g/mol. The minimum Gasteiger partial charge on any atom is -0.323 e. The normalized spacial score (nSPS) is 11.6. The van der Waals surface area contributed by atoms with E-state index in [9.17, 15) is 0 Å². The van der Waals surface area contributed by atoms with Gasteiger partial charge in [0.1, 0.15) is 0 Å². The van der Waals surface area contributed by atoms with Crippen LogP contribution in [0, 0.1) is 6.92 Å². The molecule has 0 saturated heterocycles. The molecule has 3 heteroatoms. The first kappa shape index (κ1) is 7.72. The molecule has 11 heavy (non-hydrogen) atoms. The minimum atomic E-state index is 0.803. The molecule has 0 unspecified atom stereocenters. The zero-order chi connectivity index (χ0) is 8.27. The van der Waals surface area contributed by atoms with Gasteiger partial charge in [0, 0.05) is 17.5 Å². The van der Waals surface area contributed by atoms with Gasteiger partial charge in [-0.15, -0.1) is 0 Å². The van der Waals surface area contributed by atoms with Crippen LogP contribution in [0.5, 0.6) is 0 Å². The van der Waals surface area contributed by atoms with E-state index in [1.54, 1.807) is 6.20 Å². The van der Waals surface area contributed by atoms with Crippen molar-refractivity contribution < 1.29 is 0 Å². The van der Waals surface area contributed by atoms with Crippen LogP contribution in [0.3, 0.4) is 0 Å². The summed E-state index contributed by atoms with van der Waals surface area (Å²) >= 11 is 0. The van der Waals surface area contributed by atoms with Gasteiger partial charge in [0.15, 0.2) is 0 Å². The third-order valence-electron chi connectivity index (χ3n) is 1.52. The molecule has 0 atom stereocenters. The van der Waals surface area contributed by atoms with Crippen LogP contribution in [-0.4, -0.2) is 10.7 Å². The molecule has 1 aromatic heterocycles. The van der Waals surface area contributed by atoms with E-state index in [2.05, 4.69) is 10.1 Å². The summed E-state index contributed by atoms with van der Waals surface area (Å²) < 4.78 is 0. The first-order valence-electron chi connectivity index (χ1n) is 3.41. The number of hydrazone groups is 1. The number of aryl methyl sites for hydroxylation is 1. The number of rotatable bonds is 1. The molecule has 0 aliphatic rings. The van der Waals surface area contributed by atoms with Gasteiger partial charge in [-0.2, -0.15) is 5.10 Å². The van der Waals surface area contributed by atoms with Gasteiger partial charge in [0.25, 0.3) is 0 Å². The lowest BCUT2D eigenvalue weighted by Crippen LogP contribution is -1.99. The number of aromatic nitrogens is 1. The predicted octanol–water partition coefficient (Wildman–Crippen LogP) is 1.07. The molecule has 0 bridgehead atoms. The van der Waals surface area contributed by atoms with Crippen LogP contribution in [0.1, 0.15) is 18.2 Å². The quantitative estimate of drug-likeness (QED) is 0.369. The van der Waals surface area contributed by atoms with Crippen molar-refractivity contribution in [3.8, 4) is 0 Å². The Kier molecular flexibility index (Phi) is 2.21. The Morgan fingerprint density at radius 3 is 2.73 bits per heavy atom. The smallest absolute Gasteiger partial charge is 0.0657 e. The van der Waals surface area contributed by atoms with E-state index in [0.29, 0.717) is 0 Å². The molecule has 0 spiro atoms. The molecule has 1 heterocycles. The summed E-state index contributed by atoms with van der Waals surface area (Å²) in [5.74, 6) is 5.10. The highest BCUT2D eigenvalue weighted by molar-refractivity contribution is 5.98. The van der Waals surface area contributed by atoms with Gasteiger partial charge in [0.05, 0.1) is 5.71 Å². The standard InChI is InChI=1S/C8H11N3/c1-6-3-4-8(5-10-6)7(2)11-9/h3-5H,9H2,1-2H3. The van der Waals surface area contributed by atoms with Crippen molar-refractivity contribution in [2.75, 3.05) is 0 Å². The second-order valence-corrected chi connectivity index (χ2v) is 2.40. The molecule has 0 amide bonds. The topological polar surface area (TPSA) is 51.3 Å². The van der Waals surface area contributed by atoms with Crippen molar-refractivity contribution in [3.05, 3.63) is 29.6 Å². The molecule has 0 aromatic carbocycles. The maximum atomic E-state index is 5.10. The van der Waals surface area contributed by atoms with Gasteiger partial charge in [-0.05, 0) is 26.0 Å². The predicted molar refractivity (Wildman–Crippen MR) is 45.4 cm³/mol. The maximum absolute atomic E-state index is 5.10. The molecule has 1 aromatic rings. The average Bonchev–Trinajstić information content (AvgIpc) is 2.05. The molecule has 0 radical (unpaired) electrons. The third-order valence-corrected chi connectivity index (χ3v) is 1.52. The van der Waals surface area contributed by atoms with Gasteiger partial charge in [-0.1, -0.05) is 0 Å². The molecule has 0 saturated carbocycles. The fourth-order valence-corrected chi connectivity index (χ4v) is 0.756. The summed E-state index contributed by atoms with van der Waals surface area (Å²) in [6.07, 6.45) is 1.76. The number of hydrogen-bond donors (Lipinski definition) is 1. The molecule has 0 fully saturated rings. The molecule has 3 nitrogen and oxygen atoms in total. The highest BCUT2D eigenvalue weighted by Crippen LogP contribution is 1.99. The fraction of sp³-hybridized carbons (Fsp3) is 0.250. The van der Waals surface area contributed by atoms with E-state index in [0.717, 1.165) is 17.0 Å². The lowest BCUT2D eigenvalue weighted by molar-refractivity contribution is 1.18. The van der Waals surface area contributed by atoms with Gasteiger partial charge in [0.2, 0.25) is 0 Å². The molecule has 2 N–H and O–H groups in total. The van der Waals surface area contributed by atoms with Crippen LogP contribution in [0.4, 0.5) is 0 Å². The van der Waals surface area contributed by atoms with Crippen molar-refractivity contribution in [1.82, 2.24) is 4.98 Å². The first-order valence-corrected chi connectivity index (χ1v) is 3.41.